The van der Waals surface area contributed by atoms with E-state index >= 15 is 0 Å². The van der Waals surface area contributed by atoms with E-state index < -0.39 is 13.9 Å². The van der Waals surface area contributed by atoms with Gasteiger partial charge in [0.1, 0.15) is 6.10 Å². The molecule has 0 aromatic heterocycles. The average molecular weight is 370 g/mol. The third kappa shape index (κ3) is 5.05. The van der Waals surface area contributed by atoms with Crippen LogP contribution >= 0.6 is 7.82 Å². The number of phosphoric acid groups is 1. The Balaban J connectivity index is 0.00000180. The van der Waals surface area contributed by atoms with Gasteiger partial charge in [-0.2, -0.15) is 0 Å². The smallest absolute Gasteiger partial charge is 0.113 e. The molecule has 0 N–H and O–H groups in total. The minimum Gasteiger partial charge on any atom is -0.790 e. The van der Waals surface area contributed by atoms with Crippen LogP contribution in [0.4, 0.5) is 0 Å². The Labute approximate surface area is 127 Å². The van der Waals surface area contributed by atoms with Gasteiger partial charge in [-0.3, -0.25) is 0 Å². The Morgan fingerprint density at radius 1 is 0.842 bits per heavy atom. The van der Waals surface area contributed by atoms with E-state index in [-0.39, 0.29) is 22.4 Å². The maximum atomic E-state index is 10.8. The summed E-state index contributed by atoms with van der Waals surface area (Å²) in [5.41, 5.74) is 1.24. The quantitative estimate of drug-likeness (QED) is 0.606. The summed E-state index contributed by atoms with van der Waals surface area (Å²) < 4.78 is 15.5. The molecule has 0 heterocycles. The van der Waals surface area contributed by atoms with Crippen LogP contribution < -0.4 is 9.79 Å². The number of hydrogen-bond donors (Lipinski definition) is 0. The van der Waals surface area contributed by atoms with Crippen LogP contribution in [0.5, 0.6) is 0 Å². The molecule has 0 aliphatic rings. The summed E-state index contributed by atoms with van der Waals surface area (Å²) in [4.78, 5) is 21.7. The predicted molar refractivity (Wildman–Crippen MR) is 63.4 cm³/mol. The van der Waals surface area contributed by atoms with Gasteiger partial charge in [-0.05, 0) is 11.1 Å². The third-order valence-corrected chi connectivity index (χ3v) is 2.91. The molecule has 0 fully saturated rings. The van der Waals surface area contributed by atoms with Crippen LogP contribution in [0.25, 0.3) is 0 Å². The first kappa shape index (κ1) is 16.3. The van der Waals surface area contributed by atoms with E-state index in [0.717, 1.165) is 0 Å². The van der Waals surface area contributed by atoms with Crippen LogP contribution in [0.15, 0.2) is 60.7 Å². The van der Waals surface area contributed by atoms with Crippen molar-refractivity contribution in [2.75, 3.05) is 0 Å². The largest absolute Gasteiger partial charge is 0.790 e. The molecule has 0 bridgehead atoms. The summed E-state index contributed by atoms with van der Waals surface area (Å²) in [6.45, 7) is 0. The van der Waals surface area contributed by atoms with Crippen molar-refractivity contribution >= 4 is 7.82 Å². The minimum atomic E-state index is -5.05. The Morgan fingerprint density at radius 2 is 1.21 bits per heavy atom. The first-order valence-corrected chi connectivity index (χ1v) is 6.83. The van der Waals surface area contributed by atoms with Gasteiger partial charge in [-0.1, -0.05) is 60.7 Å². The fourth-order valence-corrected chi connectivity index (χ4v) is 2.20. The van der Waals surface area contributed by atoms with Crippen LogP contribution in [0.1, 0.15) is 17.2 Å². The summed E-state index contributed by atoms with van der Waals surface area (Å²) in [6, 6.07) is 17.5. The second kappa shape index (κ2) is 7.17. The molecule has 0 amide bonds. The fraction of sp³-hybridized carbons (Fsp3) is 0.0769. The van der Waals surface area contributed by atoms with Crippen LogP contribution in [0.2, 0.25) is 0 Å². The minimum absolute atomic E-state index is 0. The van der Waals surface area contributed by atoms with Crippen LogP contribution in [-0.2, 0) is 31.5 Å². The number of rotatable bonds is 4. The van der Waals surface area contributed by atoms with Crippen LogP contribution in [0, 0.1) is 0 Å². The van der Waals surface area contributed by atoms with Gasteiger partial charge >= 0.3 is 0 Å². The molecular weight excluding hydrogens is 359 g/mol. The van der Waals surface area contributed by atoms with E-state index in [1.54, 1.807) is 60.7 Å². The van der Waals surface area contributed by atoms with E-state index in [4.69, 9.17) is 0 Å². The normalized spacial score (nSPS) is 11.1. The number of hydrogen-bond acceptors (Lipinski definition) is 4. The molecule has 1 radical (unpaired) electrons. The molecule has 2 aromatic rings. The molecule has 0 unspecified atom stereocenters. The van der Waals surface area contributed by atoms with Crippen molar-refractivity contribution in [3.63, 3.8) is 0 Å². The van der Waals surface area contributed by atoms with Gasteiger partial charge in [0.25, 0.3) is 0 Å². The van der Waals surface area contributed by atoms with Gasteiger partial charge < -0.3 is 18.9 Å². The molecule has 6 heteroatoms. The molecule has 105 valence electrons. The fourth-order valence-electron chi connectivity index (χ4n) is 1.70. The molecule has 2 aromatic carbocycles. The SMILES string of the molecule is O=P([O-])([O-])OC(c1ccccc1)c1ccccc1.[Ag]. The first-order valence-electron chi connectivity index (χ1n) is 5.36. The van der Waals surface area contributed by atoms with Crippen molar-refractivity contribution in [2.45, 2.75) is 6.10 Å². The van der Waals surface area contributed by atoms with E-state index in [1.807, 2.05) is 0 Å². The number of benzene rings is 2. The Hall–Kier alpha value is -0.710. The Bertz CT molecular complexity index is 502. The molecule has 0 aliphatic heterocycles. The van der Waals surface area contributed by atoms with Crippen molar-refractivity contribution in [1.29, 1.82) is 0 Å². The van der Waals surface area contributed by atoms with Crippen molar-refractivity contribution in [3.05, 3.63) is 71.8 Å². The van der Waals surface area contributed by atoms with E-state index in [9.17, 15) is 14.4 Å². The van der Waals surface area contributed by atoms with E-state index in [0.29, 0.717) is 11.1 Å². The van der Waals surface area contributed by atoms with E-state index in [2.05, 4.69) is 4.52 Å². The average Bonchev–Trinajstić information content (AvgIpc) is 2.37. The Kier molecular flexibility index (Phi) is 6.17. The summed E-state index contributed by atoms with van der Waals surface area (Å²) in [7, 11) is -5.05. The van der Waals surface area contributed by atoms with E-state index in [1.165, 1.54) is 0 Å². The first-order chi connectivity index (χ1) is 8.56. The molecule has 2 rings (SSSR count). The summed E-state index contributed by atoms with van der Waals surface area (Å²) in [6.07, 6.45) is -0.895. The maximum Gasteiger partial charge on any atom is 0.113 e. The van der Waals surface area contributed by atoms with Gasteiger partial charge in [-0.25, -0.2) is 0 Å². The number of phosphoric ester groups is 1. The van der Waals surface area contributed by atoms with Crippen molar-refractivity contribution in [2.24, 2.45) is 0 Å². The zero-order valence-electron chi connectivity index (χ0n) is 9.73. The second-order valence-corrected chi connectivity index (χ2v) is 4.86. The monoisotopic (exact) mass is 369 g/mol. The molecule has 0 spiro atoms. The van der Waals surface area contributed by atoms with Crippen molar-refractivity contribution in [1.82, 2.24) is 0 Å². The molecule has 4 nitrogen and oxygen atoms in total. The maximum absolute atomic E-state index is 10.8. The van der Waals surface area contributed by atoms with Crippen molar-refractivity contribution < 1.29 is 41.3 Å². The van der Waals surface area contributed by atoms with Gasteiger partial charge in [0.05, 0.1) is 7.82 Å². The molecular formula is C13H11AgO4P-2. The second-order valence-electron chi connectivity index (χ2n) is 3.75. The molecule has 0 aliphatic carbocycles. The van der Waals surface area contributed by atoms with Gasteiger partial charge in [0.15, 0.2) is 0 Å². The zero-order chi connectivity index (χ0) is 13.0. The van der Waals surface area contributed by atoms with Gasteiger partial charge in [0, 0.05) is 22.4 Å². The summed E-state index contributed by atoms with van der Waals surface area (Å²) >= 11 is 0. The molecule has 0 atom stereocenters. The predicted octanol–water partition coefficient (Wildman–Crippen LogP) is 1.62. The summed E-state index contributed by atoms with van der Waals surface area (Å²) in [5, 5.41) is 0. The molecule has 19 heavy (non-hydrogen) atoms. The van der Waals surface area contributed by atoms with Gasteiger partial charge in [-0.15, -0.1) is 0 Å². The standard InChI is InChI=1S/C13H13O4P.Ag/c14-18(15,16)17-13(11-7-3-1-4-8-11)12-9-5-2-6-10-12;/h1-10,13H,(H2,14,15,16);/p-2. The molecule has 0 saturated carbocycles. The van der Waals surface area contributed by atoms with Crippen molar-refractivity contribution in [3.8, 4) is 0 Å². The zero-order valence-corrected chi connectivity index (χ0v) is 12.1. The van der Waals surface area contributed by atoms with Crippen LogP contribution in [-0.4, -0.2) is 0 Å². The molecule has 0 saturated heterocycles. The third-order valence-electron chi connectivity index (χ3n) is 2.44. The van der Waals surface area contributed by atoms with Gasteiger partial charge in [0.2, 0.25) is 0 Å². The topological polar surface area (TPSA) is 72.4 Å². The van der Waals surface area contributed by atoms with Crippen LogP contribution in [0.3, 0.4) is 0 Å². The summed E-state index contributed by atoms with van der Waals surface area (Å²) in [5.74, 6) is 0. The Morgan fingerprint density at radius 3 is 1.53 bits per heavy atom.